The fourth-order valence-corrected chi connectivity index (χ4v) is 8.03. The number of carbonyl (C=O) groups excluding carboxylic acids is 9. The van der Waals surface area contributed by atoms with Crippen LogP contribution in [0.1, 0.15) is 62.8 Å². The molecule has 18 N–H and O–H groups in total. The van der Waals surface area contributed by atoms with Crippen LogP contribution in [-0.4, -0.2) is 146 Å². The maximum Gasteiger partial charge on any atom is 0.245 e. The number of hydrogen-bond donors (Lipinski definition) is 15. The van der Waals surface area contributed by atoms with Crippen molar-refractivity contribution < 1.29 is 53.4 Å². The normalized spacial score (nSPS) is 15.5. The van der Waals surface area contributed by atoms with Gasteiger partial charge in [0, 0.05) is 61.2 Å². The Bertz CT molecular complexity index is 2630. The molecule has 0 bridgehead atoms. The quantitative estimate of drug-likeness (QED) is 0.0149. The minimum atomic E-state index is -1.72. The number of para-hydroxylation sites is 1. The number of carbonyl (C=O) groups is 9. The molecule has 0 radical (unpaired) electrons. The van der Waals surface area contributed by atoms with Gasteiger partial charge in [-0.1, -0.05) is 44.2 Å². The van der Waals surface area contributed by atoms with Crippen molar-refractivity contribution in [2.75, 3.05) is 19.7 Å². The smallest absolute Gasteiger partial charge is 0.245 e. The highest BCUT2D eigenvalue weighted by atomic mass is 16.3. The third-order valence-corrected chi connectivity index (χ3v) is 11.9. The van der Waals surface area contributed by atoms with Crippen molar-refractivity contribution in [3.8, 4) is 5.75 Å². The molecule has 398 valence electrons. The van der Waals surface area contributed by atoms with E-state index in [0.29, 0.717) is 23.2 Å². The number of nitrogens with zero attached hydrogens (tertiary/aromatic N) is 2. The molecule has 1 fully saturated rings. The van der Waals surface area contributed by atoms with E-state index in [1.165, 1.54) is 36.8 Å². The Kier molecular flexibility index (Phi) is 20.8. The number of phenolic OH excluding ortho intramolecular Hbond substituents is 1. The predicted octanol–water partition coefficient (Wildman–Crippen LogP) is -3.49. The summed E-state index contributed by atoms with van der Waals surface area (Å²) in [5.41, 5.74) is 18.5. The first-order valence-electron chi connectivity index (χ1n) is 23.9. The van der Waals surface area contributed by atoms with Crippen LogP contribution >= 0.6 is 0 Å². The van der Waals surface area contributed by atoms with Crippen molar-refractivity contribution in [2.45, 2.75) is 108 Å². The van der Waals surface area contributed by atoms with Gasteiger partial charge in [-0.3, -0.25) is 48.1 Å². The summed E-state index contributed by atoms with van der Waals surface area (Å²) < 4.78 is 0. The molecule has 2 aromatic carbocycles. The molecular formula is C48H65N15O11. The lowest BCUT2D eigenvalue weighted by Crippen LogP contribution is -2.60. The molecule has 7 atom stereocenters. The van der Waals surface area contributed by atoms with E-state index < -0.39 is 103 Å². The lowest BCUT2D eigenvalue weighted by Gasteiger charge is -2.26. The molecule has 1 aliphatic rings. The van der Waals surface area contributed by atoms with Crippen molar-refractivity contribution in [1.82, 2.24) is 57.5 Å². The van der Waals surface area contributed by atoms with Crippen LogP contribution in [0.15, 0.2) is 72.2 Å². The molecular weight excluding hydrogens is 963 g/mol. The number of guanidine groups is 1. The summed E-state index contributed by atoms with van der Waals surface area (Å²) >= 11 is 0. The Balaban J connectivity index is 1.31. The number of nitrogens with two attached hydrogens (primary N) is 3. The van der Waals surface area contributed by atoms with Crippen molar-refractivity contribution in [1.29, 1.82) is 0 Å². The van der Waals surface area contributed by atoms with E-state index in [0.717, 1.165) is 10.9 Å². The standard InChI is InChI=1S/C48H65N15O11/c1-25(2)16-34(44(71)59-32(41(49)68)8-5-15-53-48(50)51)58-40(67)22-55-42(69)35(17-26-9-11-29(65)12-10-26)60-47(74)38(23-64)63-45(72)36(18-27-20-54-31-7-4-3-6-30(27)31)61-46(73)37(19-28-21-52-24-56-28)62-43(70)33-13-14-39(66)57-33/h3-4,6-7,9-12,20-21,24-25,32-38,54,64-65H,5,8,13-19,22-23H2,1-2H3,(H2,49,68)(H,52,56)(H,55,69)(H,57,66)(H,58,67)(H,59,71)(H,60,74)(H,61,73)(H,62,70)(H,63,72)(H4,50,51,53)/t32-,33-,34-,35-,36-,37-,38-/m0/s1. The highest BCUT2D eigenvalue weighted by molar-refractivity contribution is 5.98. The summed E-state index contributed by atoms with van der Waals surface area (Å²) in [4.78, 5) is 134. The number of fused-ring (bicyclic) bond motifs is 1. The topological polar surface area (TPSA) is 425 Å². The number of aromatic amines is 2. The number of phenols is 1. The average molecular weight is 1030 g/mol. The second kappa shape index (κ2) is 27.3. The maximum atomic E-state index is 14.3. The average Bonchev–Trinajstić information content (AvgIpc) is 4.15. The first-order valence-corrected chi connectivity index (χ1v) is 23.9. The number of aliphatic imine (C=N–C) groups is 1. The van der Waals surface area contributed by atoms with Gasteiger partial charge in [0.2, 0.25) is 53.2 Å². The van der Waals surface area contributed by atoms with Crippen LogP contribution in [-0.2, 0) is 62.4 Å². The number of hydrogen-bond acceptors (Lipinski definition) is 13. The summed E-state index contributed by atoms with van der Waals surface area (Å²) in [5, 5.41) is 41.6. The van der Waals surface area contributed by atoms with Gasteiger partial charge in [-0.05, 0) is 60.9 Å². The number of rotatable bonds is 28. The minimum Gasteiger partial charge on any atom is -0.508 e. The zero-order valence-electron chi connectivity index (χ0n) is 40.9. The van der Waals surface area contributed by atoms with E-state index in [9.17, 15) is 53.4 Å². The molecule has 0 aliphatic carbocycles. The first kappa shape index (κ1) is 56.4. The minimum absolute atomic E-state index is 0.0850. The highest BCUT2D eigenvalue weighted by Gasteiger charge is 2.35. The van der Waals surface area contributed by atoms with Gasteiger partial charge in [0.1, 0.15) is 48.0 Å². The lowest BCUT2D eigenvalue weighted by molar-refractivity contribution is -0.135. The van der Waals surface area contributed by atoms with E-state index in [1.54, 1.807) is 44.3 Å². The largest absolute Gasteiger partial charge is 0.508 e. The van der Waals surface area contributed by atoms with Gasteiger partial charge in [-0.25, -0.2) is 4.98 Å². The summed E-state index contributed by atoms with van der Waals surface area (Å²) in [5.74, 6) is -7.32. The number of aliphatic hydroxyl groups excluding tert-OH is 1. The van der Waals surface area contributed by atoms with E-state index in [-0.39, 0.29) is 75.0 Å². The number of aromatic hydroxyl groups is 1. The van der Waals surface area contributed by atoms with Gasteiger partial charge in [0.05, 0.1) is 19.5 Å². The van der Waals surface area contributed by atoms with Crippen LogP contribution < -0.4 is 59.7 Å². The summed E-state index contributed by atoms with van der Waals surface area (Å²) in [7, 11) is 0. The fourth-order valence-electron chi connectivity index (χ4n) is 8.03. The third kappa shape index (κ3) is 17.3. The number of aromatic nitrogens is 3. The third-order valence-electron chi connectivity index (χ3n) is 11.9. The predicted molar refractivity (Wildman–Crippen MR) is 268 cm³/mol. The number of H-pyrrole nitrogens is 2. The van der Waals surface area contributed by atoms with E-state index >= 15 is 0 Å². The number of nitrogens with one attached hydrogen (secondary N) is 10. The Morgan fingerprint density at radius 1 is 0.757 bits per heavy atom. The van der Waals surface area contributed by atoms with Gasteiger partial charge < -0.3 is 79.9 Å². The highest BCUT2D eigenvalue weighted by Crippen LogP contribution is 2.20. The van der Waals surface area contributed by atoms with Gasteiger partial charge in [-0.2, -0.15) is 0 Å². The Hall–Kier alpha value is -8.55. The lowest BCUT2D eigenvalue weighted by atomic mass is 10.0. The van der Waals surface area contributed by atoms with Crippen LogP contribution in [0.2, 0.25) is 0 Å². The van der Waals surface area contributed by atoms with Gasteiger partial charge >= 0.3 is 0 Å². The van der Waals surface area contributed by atoms with Crippen molar-refractivity contribution >= 4 is 70.0 Å². The molecule has 2 aromatic heterocycles. The van der Waals surface area contributed by atoms with Crippen molar-refractivity contribution in [3.05, 3.63) is 84.1 Å². The Labute approximate surface area is 425 Å². The van der Waals surface area contributed by atoms with Crippen molar-refractivity contribution in [2.24, 2.45) is 28.1 Å². The van der Waals surface area contributed by atoms with Gasteiger partial charge in [0.25, 0.3) is 0 Å². The van der Waals surface area contributed by atoms with Crippen LogP contribution in [0.25, 0.3) is 10.9 Å². The van der Waals surface area contributed by atoms with E-state index in [1.807, 2.05) is 0 Å². The van der Waals surface area contributed by atoms with Crippen LogP contribution in [0.3, 0.4) is 0 Å². The number of primary amides is 1. The molecule has 26 nitrogen and oxygen atoms in total. The zero-order chi connectivity index (χ0) is 53.9. The molecule has 1 aliphatic heterocycles. The first-order chi connectivity index (χ1) is 35.3. The van der Waals surface area contributed by atoms with E-state index in [4.69, 9.17) is 17.2 Å². The number of imidazole rings is 1. The molecule has 4 aromatic rings. The maximum absolute atomic E-state index is 14.3. The molecule has 9 amide bonds. The molecule has 26 heteroatoms. The molecule has 1 saturated heterocycles. The van der Waals surface area contributed by atoms with Crippen LogP contribution in [0.4, 0.5) is 0 Å². The fraction of sp³-hybridized carbons (Fsp3) is 0.438. The number of benzene rings is 2. The Morgan fingerprint density at radius 3 is 2.01 bits per heavy atom. The van der Waals surface area contributed by atoms with Crippen LogP contribution in [0.5, 0.6) is 5.75 Å². The molecule has 3 heterocycles. The van der Waals surface area contributed by atoms with E-state index in [2.05, 4.69) is 62.5 Å². The Morgan fingerprint density at radius 2 is 1.39 bits per heavy atom. The molecule has 0 saturated carbocycles. The number of amides is 9. The SMILES string of the molecule is CC(C)C[C@H](NC(=O)CNC(=O)[C@H](Cc1ccc(O)cc1)NC(=O)[C@H](CO)NC(=O)[C@H](Cc1c[nH]c2ccccc12)NC(=O)[C@H](Cc1cnc[nH]1)NC(=O)[C@@H]1CCC(=O)N1)C(=O)N[C@@H](CCCN=C(N)N)C(N)=O. The molecule has 5 rings (SSSR count). The number of aliphatic hydroxyl groups is 1. The summed E-state index contributed by atoms with van der Waals surface area (Å²) in [6, 6.07) is 3.78. The van der Waals surface area contributed by atoms with Crippen LogP contribution in [0, 0.1) is 5.92 Å². The molecule has 0 spiro atoms. The second-order valence-corrected chi connectivity index (χ2v) is 18.2. The van der Waals surface area contributed by atoms with Gasteiger partial charge in [-0.15, -0.1) is 0 Å². The molecule has 74 heavy (non-hydrogen) atoms. The van der Waals surface area contributed by atoms with Gasteiger partial charge in [0.15, 0.2) is 5.96 Å². The summed E-state index contributed by atoms with van der Waals surface area (Å²) in [6.45, 7) is 2.10. The monoisotopic (exact) mass is 1030 g/mol. The second-order valence-electron chi connectivity index (χ2n) is 18.2. The zero-order valence-corrected chi connectivity index (χ0v) is 40.9. The van der Waals surface area contributed by atoms with Crippen molar-refractivity contribution in [3.63, 3.8) is 0 Å². The molecule has 0 unspecified atom stereocenters. The summed E-state index contributed by atoms with van der Waals surface area (Å²) in [6.07, 6.45) is 4.89.